The standard InChI is InChI=1S/C39H68N2/c1-3-5-7-9-11-13-14-15-16-17-19-21-23-28-35-41-36-38(33-29-32-37-30-25-24-26-31-37)40-39(41)34-27-22-20-18-12-10-8-6-4-2/h24-26,30-31,36H,3-23,27-29,32-35H2,1-2H3. The monoisotopic (exact) mass is 565 g/mol. The van der Waals surface area contributed by atoms with E-state index in [0.29, 0.717) is 0 Å². The van der Waals surface area contributed by atoms with Crippen LogP contribution in [0.25, 0.3) is 0 Å². The molecule has 2 aromatic rings. The third-order valence-corrected chi connectivity index (χ3v) is 8.91. The molecule has 0 aliphatic rings. The Morgan fingerprint density at radius 2 is 0.927 bits per heavy atom. The highest BCUT2D eigenvalue weighted by Gasteiger charge is 2.09. The largest absolute Gasteiger partial charge is 0.335 e. The van der Waals surface area contributed by atoms with Crippen molar-refractivity contribution in [1.29, 1.82) is 0 Å². The molecule has 1 aromatic carbocycles. The van der Waals surface area contributed by atoms with Gasteiger partial charge in [-0.3, -0.25) is 0 Å². The van der Waals surface area contributed by atoms with E-state index < -0.39 is 0 Å². The van der Waals surface area contributed by atoms with Gasteiger partial charge in [-0.05, 0) is 37.7 Å². The lowest BCUT2D eigenvalue weighted by Crippen LogP contribution is -2.03. The van der Waals surface area contributed by atoms with Gasteiger partial charge in [-0.2, -0.15) is 0 Å². The number of hydrogen-bond acceptors (Lipinski definition) is 1. The molecule has 1 heterocycles. The Bertz CT molecular complexity index is 808. The zero-order chi connectivity index (χ0) is 29.1. The van der Waals surface area contributed by atoms with Crippen molar-refractivity contribution >= 4 is 0 Å². The van der Waals surface area contributed by atoms with Crippen molar-refractivity contribution in [3.63, 3.8) is 0 Å². The topological polar surface area (TPSA) is 17.8 Å². The highest BCUT2D eigenvalue weighted by molar-refractivity contribution is 5.15. The second-order valence-corrected chi connectivity index (χ2v) is 12.9. The average molecular weight is 565 g/mol. The van der Waals surface area contributed by atoms with E-state index in [0.717, 1.165) is 25.8 Å². The second kappa shape index (κ2) is 26.1. The van der Waals surface area contributed by atoms with E-state index in [9.17, 15) is 0 Å². The Hall–Kier alpha value is -1.57. The van der Waals surface area contributed by atoms with Gasteiger partial charge in [-0.25, -0.2) is 4.98 Å². The van der Waals surface area contributed by atoms with E-state index >= 15 is 0 Å². The minimum Gasteiger partial charge on any atom is -0.335 e. The lowest BCUT2D eigenvalue weighted by Gasteiger charge is -2.08. The van der Waals surface area contributed by atoms with Gasteiger partial charge in [0, 0.05) is 19.2 Å². The van der Waals surface area contributed by atoms with Crippen molar-refractivity contribution < 1.29 is 0 Å². The number of imidazole rings is 1. The minimum absolute atomic E-state index is 1.10. The van der Waals surface area contributed by atoms with Crippen LogP contribution in [0.2, 0.25) is 0 Å². The van der Waals surface area contributed by atoms with E-state index in [2.05, 4.69) is 54.9 Å². The lowest BCUT2D eigenvalue weighted by atomic mass is 10.0. The molecule has 0 N–H and O–H groups in total. The molecule has 41 heavy (non-hydrogen) atoms. The van der Waals surface area contributed by atoms with Gasteiger partial charge in [0.15, 0.2) is 0 Å². The maximum Gasteiger partial charge on any atom is 0.108 e. The Labute approximate surface area is 256 Å². The van der Waals surface area contributed by atoms with Gasteiger partial charge >= 0.3 is 0 Å². The van der Waals surface area contributed by atoms with Crippen molar-refractivity contribution in [2.75, 3.05) is 0 Å². The Balaban J connectivity index is 1.62. The Kier molecular flexibility index (Phi) is 22.7. The fourth-order valence-corrected chi connectivity index (χ4v) is 6.22. The molecular weight excluding hydrogens is 496 g/mol. The summed E-state index contributed by atoms with van der Waals surface area (Å²) in [6, 6.07) is 10.9. The number of unbranched alkanes of at least 4 members (excludes halogenated alkanes) is 21. The van der Waals surface area contributed by atoms with E-state index in [1.54, 1.807) is 0 Å². The van der Waals surface area contributed by atoms with E-state index in [1.807, 2.05) is 0 Å². The molecule has 0 saturated heterocycles. The van der Waals surface area contributed by atoms with Crippen LogP contribution in [-0.2, 0) is 25.8 Å². The molecule has 0 unspecified atom stereocenters. The van der Waals surface area contributed by atoms with Crippen molar-refractivity contribution in [3.05, 3.63) is 53.6 Å². The summed E-state index contributed by atoms with van der Waals surface area (Å²) in [5.41, 5.74) is 2.77. The van der Waals surface area contributed by atoms with Crippen LogP contribution in [0, 0.1) is 0 Å². The van der Waals surface area contributed by atoms with Crippen LogP contribution in [0.4, 0.5) is 0 Å². The lowest BCUT2D eigenvalue weighted by molar-refractivity contribution is 0.516. The molecule has 2 rings (SSSR count). The molecule has 0 fully saturated rings. The minimum atomic E-state index is 1.10. The molecule has 0 aliphatic carbocycles. The first-order chi connectivity index (χ1) is 20.3. The zero-order valence-corrected chi connectivity index (χ0v) is 27.7. The van der Waals surface area contributed by atoms with Crippen LogP contribution in [0.15, 0.2) is 36.5 Å². The van der Waals surface area contributed by atoms with Gasteiger partial charge in [-0.1, -0.05) is 179 Å². The summed E-state index contributed by atoms with van der Waals surface area (Å²) in [6.45, 7) is 5.77. The quantitative estimate of drug-likeness (QED) is 0.0898. The summed E-state index contributed by atoms with van der Waals surface area (Å²) < 4.78 is 2.53. The smallest absolute Gasteiger partial charge is 0.108 e. The summed E-state index contributed by atoms with van der Waals surface area (Å²) in [6.07, 6.45) is 39.5. The van der Waals surface area contributed by atoms with E-state index in [4.69, 9.17) is 4.98 Å². The molecule has 0 spiro atoms. The number of nitrogens with zero attached hydrogens (tertiary/aromatic N) is 2. The molecule has 0 amide bonds. The highest BCUT2D eigenvalue weighted by atomic mass is 15.1. The SMILES string of the molecule is CCCCCCCCCCCCCCCCn1cc(CCCc2ccccc2)nc1CCCCCCCCCCC. The maximum absolute atomic E-state index is 5.16. The third-order valence-electron chi connectivity index (χ3n) is 8.91. The van der Waals surface area contributed by atoms with Gasteiger partial charge < -0.3 is 4.57 Å². The fraction of sp³-hybridized carbons (Fsp3) is 0.769. The number of benzene rings is 1. The molecule has 1 aromatic heterocycles. The van der Waals surface area contributed by atoms with Crippen LogP contribution in [0.5, 0.6) is 0 Å². The van der Waals surface area contributed by atoms with Crippen LogP contribution in [-0.4, -0.2) is 9.55 Å². The van der Waals surface area contributed by atoms with E-state index in [-0.39, 0.29) is 0 Å². The maximum atomic E-state index is 5.16. The van der Waals surface area contributed by atoms with Crippen molar-refractivity contribution in [1.82, 2.24) is 9.55 Å². The van der Waals surface area contributed by atoms with E-state index in [1.165, 1.54) is 171 Å². The molecule has 0 atom stereocenters. The Morgan fingerprint density at radius 3 is 1.44 bits per heavy atom. The molecular formula is C39H68N2. The predicted molar refractivity (Wildman–Crippen MR) is 182 cm³/mol. The molecule has 0 bridgehead atoms. The summed E-state index contributed by atoms with van der Waals surface area (Å²) >= 11 is 0. The van der Waals surface area contributed by atoms with Crippen molar-refractivity contribution in [2.45, 2.75) is 194 Å². The molecule has 0 aliphatic heterocycles. The summed E-state index contributed by atoms with van der Waals surface area (Å²) in [5.74, 6) is 1.36. The highest BCUT2D eigenvalue weighted by Crippen LogP contribution is 2.17. The fourth-order valence-electron chi connectivity index (χ4n) is 6.22. The van der Waals surface area contributed by atoms with Crippen molar-refractivity contribution in [3.8, 4) is 0 Å². The van der Waals surface area contributed by atoms with Crippen LogP contribution in [0.1, 0.15) is 185 Å². The van der Waals surface area contributed by atoms with Crippen LogP contribution < -0.4 is 0 Å². The number of aryl methyl sites for hydroxylation is 4. The predicted octanol–water partition coefficient (Wildman–Crippen LogP) is 12.6. The normalized spacial score (nSPS) is 11.5. The first kappa shape index (κ1) is 35.6. The first-order valence-electron chi connectivity index (χ1n) is 18.4. The third kappa shape index (κ3) is 19.3. The van der Waals surface area contributed by atoms with Gasteiger partial charge in [0.2, 0.25) is 0 Å². The zero-order valence-electron chi connectivity index (χ0n) is 27.7. The van der Waals surface area contributed by atoms with Gasteiger partial charge in [0.25, 0.3) is 0 Å². The molecule has 2 nitrogen and oxygen atoms in total. The molecule has 0 radical (unpaired) electrons. The van der Waals surface area contributed by atoms with Gasteiger partial charge in [-0.15, -0.1) is 0 Å². The average Bonchev–Trinajstić information content (AvgIpc) is 3.38. The molecule has 0 saturated carbocycles. The number of rotatable bonds is 29. The first-order valence-corrected chi connectivity index (χ1v) is 18.4. The van der Waals surface area contributed by atoms with Gasteiger partial charge in [0.1, 0.15) is 5.82 Å². The molecule has 2 heteroatoms. The van der Waals surface area contributed by atoms with Crippen LogP contribution >= 0.6 is 0 Å². The summed E-state index contributed by atoms with van der Waals surface area (Å²) in [7, 11) is 0. The molecule has 234 valence electrons. The van der Waals surface area contributed by atoms with Crippen molar-refractivity contribution in [2.24, 2.45) is 0 Å². The van der Waals surface area contributed by atoms with Gasteiger partial charge in [0.05, 0.1) is 5.69 Å². The summed E-state index contributed by atoms with van der Waals surface area (Å²) in [5, 5.41) is 0. The summed E-state index contributed by atoms with van der Waals surface area (Å²) in [4.78, 5) is 5.16. The Morgan fingerprint density at radius 1 is 0.463 bits per heavy atom. The number of hydrogen-bond donors (Lipinski definition) is 0. The second-order valence-electron chi connectivity index (χ2n) is 12.9. The van der Waals surface area contributed by atoms with Crippen LogP contribution in [0.3, 0.4) is 0 Å². The number of aromatic nitrogens is 2.